The first-order valence-corrected chi connectivity index (χ1v) is 5.95. The number of aromatic nitrogens is 1. The van der Waals surface area contributed by atoms with E-state index in [0.717, 1.165) is 4.47 Å². The Kier molecular flexibility index (Phi) is 3.14. The van der Waals surface area contributed by atoms with E-state index in [9.17, 15) is 4.39 Å². The van der Waals surface area contributed by atoms with Crippen LogP contribution in [-0.4, -0.2) is 4.98 Å². The predicted octanol–water partition coefficient (Wildman–Crippen LogP) is 3.09. The summed E-state index contributed by atoms with van der Waals surface area (Å²) in [6.45, 7) is 0. The highest BCUT2D eigenvalue weighted by Crippen LogP contribution is 2.26. The zero-order valence-corrected chi connectivity index (χ0v) is 10.1. The minimum atomic E-state index is -0.498. The van der Waals surface area contributed by atoms with E-state index in [0.29, 0.717) is 10.6 Å². The van der Waals surface area contributed by atoms with Gasteiger partial charge in [-0.3, -0.25) is 0 Å². The summed E-state index contributed by atoms with van der Waals surface area (Å²) in [5.74, 6) is -0.305. The molecular weight excluding hydrogens is 279 g/mol. The van der Waals surface area contributed by atoms with E-state index < -0.39 is 6.04 Å². The molecule has 2 rings (SSSR count). The molecule has 0 aliphatic carbocycles. The molecule has 5 heteroatoms. The molecule has 0 fully saturated rings. The Morgan fingerprint density at radius 2 is 2.27 bits per heavy atom. The second kappa shape index (κ2) is 4.38. The van der Waals surface area contributed by atoms with Crippen molar-refractivity contribution in [2.75, 3.05) is 0 Å². The number of hydrogen-bond acceptors (Lipinski definition) is 3. The molecule has 1 heterocycles. The number of hydrogen-bond donors (Lipinski definition) is 1. The van der Waals surface area contributed by atoms with Crippen molar-refractivity contribution in [3.05, 3.63) is 50.6 Å². The molecule has 0 saturated heterocycles. The molecule has 1 aromatic carbocycles. The zero-order valence-electron chi connectivity index (χ0n) is 7.65. The number of rotatable bonds is 2. The third kappa shape index (κ3) is 2.25. The van der Waals surface area contributed by atoms with Crippen LogP contribution in [0.4, 0.5) is 4.39 Å². The molecule has 1 unspecified atom stereocenters. The molecule has 0 radical (unpaired) electrons. The molecule has 0 aliphatic heterocycles. The molecule has 15 heavy (non-hydrogen) atoms. The van der Waals surface area contributed by atoms with Gasteiger partial charge in [0, 0.05) is 21.6 Å². The lowest BCUT2D eigenvalue weighted by Gasteiger charge is -2.10. The Hall–Kier alpha value is -0.780. The van der Waals surface area contributed by atoms with E-state index in [-0.39, 0.29) is 5.82 Å². The Morgan fingerprint density at radius 3 is 2.93 bits per heavy atom. The highest BCUT2D eigenvalue weighted by molar-refractivity contribution is 9.10. The summed E-state index contributed by atoms with van der Waals surface area (Å²) in [5.41, 5.74) is 6.38. The van der Waals surface area contributed by atoms with Crippen LogP contribution in [0.1, 0.15) is 16.6 Å². The molecule has 1 atom stereocenters. The highest BCUT2D eigenvalue weighted by Gasteiger charge is 2.15. The lowest BCUT2D eigenvalue weighted by atomic mass is 10.1. The minimum Gasteiger partial charge on any atom is -0.318 e. The normalized spacial score (nSPS) is 12.7. The van der Waals surface area contributed by atoms with Gasteiger partial charge in [-0.1, -0.05) is 15.9 Å². The van der Waals surface area contributed by atoms with Gasteiger partial charge in [0.15, 0.2) is 0 Å². The van der Waals surface area contributed by atoms with Gasteiger partial charge < -0.3 is 5.73 Å². The summed E-state index contributed by atoms with van der Waals surface area (Å²) in [4.78, 5) is 4.07. The van der Waals surface area contributed by atoms with Gasteiger partial charge in [0.05, 0.1) is 6.04 Å². The molecule has 0 amide bonds. The quantitative estimate of drug-likeness (QED) is 0.921. The summed E-state index contributed by atoms with van der Waals surface area (Å²) in [7, 11) is 0. The molecule has 1 aromatic heterocycles. The van der Waals surface area contributed by atoms with Gasteiger partial charge in [0.1, 0.15) is 10.8 Å². The summed E-state index contributed by atoms with van der Waals surface area (Å²) in [6.07, 6.45) is 1.66. The van der Waals surface area contributed by atoms with Crippen LogP contribution in [0.5, 0.6) is 0 Å². The van der Waals surface area contributed by atoms with Crippen LogP contribution in [-0.2, 0) is 0 Å². The van der Waals surface area contributed by atoms with Crippen molar-refractivity contribution in [3.8, 4) is 0 Å². The van der Waals surface area contributed by atoms with Gasteiger partial charge in [-0.2, -0.15) is 0 Å². The van der Waals surface area contributed by atoms with Crippen molar-refractivity contribution in [2.24, 2.45) is 5.73 Å². The summed E-state index contributed by atoms with van der Waals surface area (Å²) in [6, 6.07) is 4.23. The van der Waals surface area contributed by atoms with Crippen molar-refractivity contribution in [3.63, 3.8) is 0 Å². The molecule has 78 valence electrons. The van der Waals surface area contributed by atoms with E-state index >= 15 is 0 Å². The summed E-state index contributed by atoms with van der Waals surface area (Å²) >= 11 is 4.71. The largest absolute Gasteiger partial charge is 0.318 e. The third-order valence-electron chi connectivity index (χ3n) is 2.01. The lowest BCUT2D eigenvalue weighted by molar-refractivity contribution is 0.598. The van der Waals surface area contributed by atoms with E-state index in [4.69, 9.17) is 5.73 Å². The van der Waals surface area contributed by atoms with E-state index in [1.54, 1.807) is 18.3 Å². The first-order chi connectivity index (χ1) is 7.18. The predicted molar refractivity (Wildman–Crippen MR) is 62.2 cm³/mol. The number of thiazole rings is 1. The Labute approximate surface area is 99.1 Å². The number of nitrogens with two attached hydrogens (primary N) is 1. The molecule has 2 N–H and O–H groups in total. The fourth-order valence-electron chi connectivity index (χ4n) is 1.27. The van der Waals surface area contributed by atoms with Crippen LogP contribution >= 0.6 is 27.3 Å². The average molecular weight is 287 g/mol. The standard InChI is InChI=1S/C10H8BrFN2S/c11-6-1-2-8(12)7(5-6)9(13)10-14-3-4-15-10/h1-5,9H,13H2. The van der Waals surface area contributed by atoms with Gasteiger partial charge in [-0.25, -0.2) is 9.37 Å². The maximum atomic E-state index is 13.5. The molecule has 0 bridgehead atoms. The van der Waals surface area contributed by atoms with Crippen LogP contribution < -0.4 is 5.73 Å². The van der Waals surface area contributed by atoms with Crippen molar-refractivity contribution in [1.82, 2.24) is 4.98 Å². The number of nitrogens with zero attached hydrogens (tertiary/aromatic N) is 1. The van der Waals surface area contributed by atoms with Crippen LogP contribution in [0.3, 0.4) is 0 Å². The van der Waals surface area contributed by atoms with Crippen LogP contribution in [0.15, 0.2) is 34.2 Å². The van der Waals surface area contributed by atoms with Gasteiger partial charge in [0.2, 0.25) is 0 Å². The number of benzene rings is 1. The zero-order chi connectivity index (χ0) is 10.8. The Balaban J connectivity index is 2.41. The monoisotopic (exact) mass is 286 g/mol. The summed E-state index contributed by atoms with van der Waals surface area (Å²) in [5, 5.41) is 2.54. The van der Waals surface area contributed by atoms with Gasteiger partial charge in [-0.05, 0) is 18.2 Å². The maximum absolute atomic E-state index is 13.5. The van der Waals surface area contributed by atoms with Gasteiger partial charge in [0.25, 0.3) is 0 Å². The molecule has 0 aliphatic rings. The van der Waals surface area contributed by atoms with Crippen LogP contribution in [0, 0.1) is 5.82 Å². The van der Waals surface area contributed by atoms with E-state index in [2.05, 4.69) is 20.9 Å². The SMILES string of the molecule is NC(c1nccs1)c1cc(Br)ccc1F. The first kappa shape index (κ1) is 10.7. The fourth-order valence-corrected chi connectivity index (χ4v) is 2.31. The highest BCUT2D eigenvalue weighted by atomic mass is 79.9. The first-order valence-electron chi connectivity index (χ1n) is 4.28. The average Bonchev–Trinajstić information content (AvgIpc) is 2.74. The maximum Gasteiger partial charge on any atom is 0.128 e. The molecule has 0 saturated carbocycles. The summed E-state index contributed by atoms with van der Waals surface area (Å²) < 4.78 is 14.3. The third-order valence-corrected chi connectivity index (χ3v) is 3.36. The number of halogens is 2. The van der Waals surface area contributed by atoms with E-state index in [1.807, 2.05) is 5.38 Å². The van der Waals surface area contributed by atoms with Crippen molar-refractivity contribution in [2.45, 2.75) is 6.04 Å². The lowest BCUT2D eigenvalue weighted by Crippen LogP contribution is -2.13. The molecule has 0 spiro atoms. The van der Waals surface area contributed by atoms with Gasteiger partial charge in [-0.15, -0.1) is 11.3 Å². The fraction of sp³-hybridized carbons (Fsp3) is 0.100. The minimum absolute atomic E-state index is 0.305. The van der Waals surface area contributed by atoms with Crippen molar-refractivity contribution in [1.29, 1.82) is 0 Å². The second-order valence-corrected chi connectivity index (χ2v) is 4.86. The van der Waals surface area contributed by atoms with Crippen molar-refractivity contribution < 1.29 is 4.39 Å². The van der Waals surface area contributed by atoms with Crippen LogP contribution in [0.25, 0.3) is 0 Å². The molecule has 2 nitrogen and oxygen atoms in total. The van der Waals surface area contributed by atoms with E-state index in [1.165, 1.54) is 17.4 Å². The van der Waals surface area contributed by atoms with Gasteiger partial charge >= 0.3 is 0 Å². The molecular formula is C10H8BrFN2S. The smallest absolute Gasteiger partial charge is 0.128 e. The molecule has 2 aromatic rings. The Bertz CT molecular complexity index is 458. The second-order valence-electron chi connectivity index (χ2n) is 3.01. The topological polar surface area (TPSA) is 38.9 Å². The van der Waals surface area contributed by atoms with Crippen molar-refractivity contribution >= 4 is 27.3 Å². The Morgan fingerprint density at radius 1 is 1.47 bits per heavy atom. The van der Waals surface area contributed by atoms with Crippen LogP contribution in [0.2, 0.25) is 0 Å².